The van der Waals surface area contributed by atoms with E-state index < -0.39 is 11.2 Å². The van der Waals surface area contributed by atoms with Gasteiger partial charge in [-0.15, -0.1) is 0 Å². The number of nitrogens with zero attached hydrogens (tertiary/aromatic N) is 3. The van der Waals surface area contributed by atoms with Crippen LogP contribution in [0, 0.1) is 11.8 Å². The number of halogens is 1. The van der Waals surface area contributed by atoms with Crippen LogP contribution in [0.5, 0.6) is 0 Å². The zero-order chi connectivity index (χ0) is 17.4. The molecule has 3 unspecified atom stereocenters. The van der Waals surface area contributed by atoms with Gasteiger partial charge in [0.1, 0.15) is 12.7 Å². The zero-order valence-electron chi connectivity index (χ0n) is 14.1. The Kier molecular flexibility index (Phi) is 4.69. The highest BCUT2D eigenvalue weighted by atomic mass is 35.5. The van der Waals surface area contributed by atoms with Gasteiger partial charge in [-0.05, 0) is 56.7 Å². The SMILES string of the molecule is CC(C)(O)C1CCC(Cc2ccc(Cl)cc2)C1(O)Cn1cncn1. The molecule has 6 heteroatoms. The minimum atomic E-state index is -1.04. The lowest BCUT2D eigenvalue weighted by Gasteiger charge is -2.41. The van der Waals surface area contributed by atoms with Crippen molar-refractivity contribution >= 4 is 11.6 Å². The lowest BCUT2D eigenvalue weighted by atomic mass is 9.74. The van der Waals surface area contributed by atoms with Crippen molar-refractivity contribution in [2.24, 2.45) is 11.8 Å². The van der Waals surface area contributed by atoms with Crippen LogP contribution in [0.3, 0.4) is 0 Å². The van der Waals surface area contributed by atoms with E-state index in [4.69, 9.17) is 11.6 Å². The first-order valence-corrected chi connectivity index (χ1v) is 8.68. The Morgan fingerprint density at radius 2 is 2.00 bits per heavy atom. The Morgan fingerprint density at radius 1 is 1.29 bits per heavy atom. The van der Waals surface area contributed by atoms with Crippen molar-refractivity contribution in [2.75, 3.05) is 0 Å². The molecule has 1 aromatic heterocycles. The third kappa shape index (κ3) is 3.48. The smallest absolute Gasteiger partial charge is 0.137 e. The monoisotopic (exact) mass is 349 g/mol. The van der Waals surface area contributed by atoms with Gasteiger partial charge in [0.05, 0.1) is 17.7 Å². The Hall–Kier alpha value is -1.43. The largest absolute Gasteiger partial charge is 0.390 e. The molecule has 0 spiro atoms. The van der Waals surface area contributed by atoms with Crippen LogP contribution in [0.25, 0.3) is 0 Å². The van der Waals surface area contributed by atoms with E-state index in [1.165, 1.54) is 6.33 Å². The summed E-state index contributed by atoms with van der Waals surface area (Å²) in [7, 11) is 0. The van der Waals surface area contributed by atoms with E-state index in [0.717, 1.165) is 24.8 Å². The molecule has 2 N–H and O–H groups in total. The number of aromatic nitrogens is 3. The van der Waals surface area contributed by atoms with E-state index in [0.29, 0.717) is 11.6 Å². The predicted molar refractivity (Wildman–Crippen MR) is 92.6 cm³/mol. The molecule has 24 heavy (non-hydrogen) atoms. The highest BCUT2D eigenvalue weighted by Crippen LogP contribution is 2.48. The Labute approximate surface area is 147 Å². The number of hydrogen-bond donors (Lipinski definition) is 2. The van der Waals surface area contributed by atoms with Crippen molar-refractivity contribution in [2.45, 2.75) is 50.9 Å². The van der Waals surface area contributed by atoms with Gasteiger partial charge >= 0.3 is 0 Å². The molecule has 0 radical (unpaired) electrons. The maximum atomic E-state index is 11.6. The van der Waals surface area contributed by atoms with Gasteiger partial charge in [0, 0.05) is 10.9 Å². The quantitative estimate of drug-likeness (QED) is 0.870. The maximum Gasteiger partial charge on any atom is 0.137 e. The van der Waals surface area contributed by atoms with Gasteiger partial charge in [-0.25, -0.2) is 4.98 Å². The summed E-state index contributed by atoms with van der Waals surface area (Å²) >= 11 is 5.96. The van der Waals surface area contributed by atoms with Gasteiger partial charge in [-0.2, -0.15) is 5.10 Å². The average molecular weight is 350 g/mol. The van der Waals surface area contributed by atoms with Crippen molar-refractivity contribution in [1.82, 2.24) is 14.8 Å². The van der Waals surface area contributed by atoms with E-state index in [2.05, 4.69) is 10.1 Å². The normalized spacial score (nSPS) is 27.5. The molecule has 3 rings (SSSR count). The fourth-order valence-electron chi connectivity index (χ4n) is 4.11. The van der Waals surface area contributed by atoms with Crippen LogP contribution in [0.4, 0.5) is 0 Å². The molecule has 0 amide bonds. The molecule has 0 aliphatic heterocycles. The summed E-state index contributed by atoms with van der Waals surface area (Å²) < 4.78 is 1.65. The van der Waals surface area contributed by atoms with E-state index >= 15 is 0 Å². The molecule has 0 saturated heterocycles. The minimum absolute atomic E-state index is 0.0410. The minimum Gasteiger partial charge on any atom is -0.390 e. The topological polar surface area (TPSA) is 71.2 Å². The molecule has 1 aliphatic carbocycles. The van der Waals surface area contributed by atoms with Crippen LogP contribution in [0.2, 0.25) is 5.02 Å². The van der Waals surface area contributed by atoms with Gasteiger partial charge in [-0.3, -0.25) is 4.68 Å². The number of aliphatic hydroxyl groups is 2. The fourth-order valence-corrected chi connectivity index (χ4v) is 4.24. The lowest BCUT2D eigenvalue weighted by molar-refractivity contribution is -0.121. The van der Waals surface area contributed by atoms with E-state index in [1.54, 1.807) is 24.9 Å². The van der Waals surface area contributed by atoms with Gasteiger partial charge in [0.2, 0.25) is 0 Å². The first-order chi connectivity index (χ1) is 11.3. The summed E-state index contributed by atoms with van der Waals surface area (Å²) in [5.41, 5.74) is -0.854. The average Bonchev–Trinajstić information content (AvgIpc) is 3.10. The Bertz CT molecular complexity index is 667. The fraction of sp³-hybridized carbons (Fsp3) is 0.556. The Morgan fingerprint density at radius 3 is 2.58 bits per heavy atom. The molecule has 1 heterocycles. The van der Waals surface area contributed by atoms with Gasteiger partial charge < -0.3 is 10.2 Å². The number of benzene rings is 1. The first kappa shape index (κ1) is 17.4. The molecular weight excluding hydrogens is 326 g/mol. The van der Waals surface area contributed by atoms with E-state index in [9.17, 15) is 10.2 Å². The van der Waals surface area contributed by atoms with Crippen molar-refractivity contribution in [3.63, 3.8) is 0 Å². The second-order valence-corrected chi connectivity index (χ2v) is 7.83. The molecule has 0 bridgehead atoms. The van der Waals surface area contributed by atoms with Crippen molar-refractivity contribution < 1.29 is 10.2 Å². The third-order valence-electron chi connectivity index (χ3n) is 5.24. The molecule has 1 aliphatic rings. The van der Waals surface area contributed by atoms with Crippen molar-refractivity contribution in [1.29, 1.82) is 0 Å². The summed E-state index contributed by atoms with van der Waals surface area (Å²) in [4.78, 5) is 3.96. The van der Waals surface area contributed by atoms with Crippen molar-refractivity contribution in [3.05, 3.63) is 47.5 Å². The standard InChI is InChI=1S/C18H24ClN3O2/c1-17(2,23)16-8-5-14(9-13-3-6-15(19)7-4-13)18(16,24)10-22-12-20-11-21-22/h3-4,6-7,11-12,14,16,23-24H,5,8-10H2,1-2H3. The van der Waals surface area contributed by atoms with E-state index in [-0.39, 0.29) is 11.8 Å². The first-order valence-electron chi connectivity index (χ1n) is 8.30. The molecule has 5 nitrogen and oxygen atoms in total. The zero-order valence-corrected chi connectivity index (χ0v) is 14.8. The molecule has 1 saturated carbocycles. The summed E-state index contributed by atoms with van der Waals surface area (Å²) in [6.45, 7) is 3.88. The molecule has 3 atom stereocenters. The van der Waals surface area contributed by atoms with Crippen molar-refractivity contribution in [3.8, 4) is 0 Å². The molecule has 130 valence electrons. The lowest BCUT2D eigenvalue weighted by Crippen LogP contribution is -2.52. The highest BCUT2D eigenvalue weighted by Gasteiger charge is 2.54. The van der Waals surface area contributed by atoms with Crippen LogP contribution < -0.4 is 0 Å². The van der Waals surface area contributed by atoms with Crippen LogP contribution in [-0.2, 0) is 13.0 Å². The molecule has 1 aromatic carbocycles. The summed E-state index contributed by atoms with van der Waals surface area (Å²) in [6, 6.07) is 7.73. The second-order valence-electron chi connectivity index (χ2n) is 7.40. The maximum absolute atomic E-state index is 11.6. The highest BCUT2D eigenvalue weighted by molar-refractivity contribution is 6.30. The van der Waals surface area contributed by atoms with Crippen LogP contribution in [0.1, 0.15) is 32.3 Å². The van der Waals surface area contributed by atoms with Crippen LogP contribution in [-0.4, -0.2) is 36.2 Å². The van der Waals surface area contributed by atoms with Gasteiger partial charge in [0.25, 0.3) is 0 Å². The van der Waals surface area contributed by atoms with E-state index in [1.807, 2.05) is 24.3 Å². The summed E-state index contributed by atoms with van der Waals surface area (Å²) in [5, 5.41) is 27.0. The van der Waals surface area contributed by atoms with Crippen LogP contribution >= 0.6 is 11.6 Å². The molecule has 2 aromatic rings. The predicted octanol–water partition coefficient (Wildman–Crippen LogP) is 2.70. The summed E-state index contributed by atoms with van der Waals surface area (Å²) in [6.07, 6.45) is 5.47. The molecule has 1 fully saturated rings. The second kappa shape index (κ2) is 6.47. The van der Waals surface area contributed by atoms with Gasteiger partial charge in [-0.1, -0.05) is 23.7 Å². The Balaban J connectivity index is 1.87. The van der Waals surface area contributed by atoms with Gasteiger partial charge in [0.15, 0.2) is 0 Å². The third-order valence-corrected chi connectivity index (χ3v) is 5.50. The number of rotatable bonds is 5. The van der Waals surface area contributed by atoms with Crippen LogP contribution in [0.15, 0.2) is 36.9 Å². The molecular formula is C18H24ClN3O2. The summed E-state index contributed by atoms with van der Waals surface area (Å²) in [5.74, 6) is -0.175. The number of hydrogen-bond acceptors (Lipinski definition) is 4.